The first-order valence-electron chi connectivity index (χ1n) is 7.77. The highest BCUT2D eigenvalue weighted by molar-refractivity contribution is 5.27. The highest BCUT2D eigenvalue weighted by Gasteiger charge is 2.24. The summed E-state index contributed by atoms with van der Waals surface area (Å²) in [4.78, 5) is 0. The highest BCUT2D eigenvalue weighted by Crippen LogP contribution is 2.33. The summed E-state index contributed by atoms with van der Waals surface area (Å²) in [5.74, 6) is 1.86. The predicted octanol–water partition coefficient (Wildman–Crippen LogP) is 2.98. The lowest BCUT2D eigenvalue weighted by Crippen LogP contribution is -2.31. The SMILES string of the molecule is COCCNCC(Cc1cccc(O)c1)C1CCCC1. The van der Waals surface area contributed by atoms with Gasteiger partial charge < -0.3 is 15.2 Å². The van der Waals surface area contributed by atoms with Crippen LogP contribution in [-0.4, -0.2) is 31.9 Å². The number of aromatic hydroxyl groups is 1. The van der Waals surface area contributed by atoms with E-state index < -0.39 is 0 Å². The number of methoxy groups -OCH3 is 1. The fourth-order valence-electron chi connectivity index (χ4n) is 3.28. The van der Waals surface area contributed by atoms with Crippen molar-refractivity contribution in [2.24, 2.45) is 11.8 Å². The second-order valence-corrected chi connectivity index (χ2v) is 5.88. The molecule has 0 heterocycles. The minimum absolute atomic E-state index is 0.375. The quantitative estimate of drug-likeness (QED) is 0.718. The maximum Gasteiger partial charge on any atom is 0.115 e. The topological polar surface area (TPSA) is 41.5 Å². The molecule has 1 unspecified atom stereocenters. The van der Waals surface area contributed by atoms with Gasteiger partial charge in [-0.2, -0.15) is 0 Å². The van der Waals surface area contributed by atoms with Crippen molar-refractivity contribution >= 4 is 0 Å². The van der Waals surface area contributed by atoms with Gasteiger partial charge in [0.05, 0.1) is 6.61 Å². The van der Waals surface area contributed by atoms with Crippen LogP contribution in [0.1, 0.15) is 31.2 Å². The number of rotatable bonds is 8. The van der Waals surface area contributed by atoms with Crippen LogP contribution in [0.5, 0.6) is 5.75 Å². The number of phenols is 1. The molecule has 1 atom stereocenters. The van der Waals surface area contributed by atoms with Gasteiger partial charge in [0.2, 0.25) is 0 Å². The van der Waals surface area contributed by atoms with Gasteiger partial charge in [-0.15, -0.1) is 0 Å². The van der Waals surface area contributed by atoms with Crippen molar-refractivity contribution in [3.8, 4) is 5.75 Å². The zero-order valence-corrected chi connectivity index (χ0v) is 12.5. The smallest absolute Gasteiger partial charge is 0.115 e. The Labute approximate surface area is 122 Å². The Morgan fingerprint density at radius 1 is 1.35 bits per heavy atom. The largest absolute Gasteiger partial charge is 0.508 e. The maximum absolute atomic E-state index is 9.61. The molecular weight excluding hydrogens is 250 g/mol. The number of ether oxygens (including phenoxy) is 1. The second kappa shape index (κ2) is 8.28. The fraction of sp³-hybridized carbons (Fsp3) is 0.647. The van der Waals surface area contributed by atoms with E-state index in [0.29, 0.717) is 11.7 Å². The lowest BCUT2D eigenvalue weighted by Gasteiger charge is -2.24. The molecule has 1 fully saturated rings. The molecule has 1 saturated carbocycles. The summed E-state index contributed by atoms with van der Waals surface area (Å²) in [6.07, 6.45) is 6.52. The monoisotopic (exact) mass is 277 g/mol. The molecule has 0 spiro atoms. The summed E-state index contributed by atoms with van der Waals surface area (Å²) in [6, 6.07) is 7.70. The minimum Gasteiger partial charge on any atom is -0.508 e. The van der Waals surface area contributed by atoms with Crippen molar-refractivity contribution in [3.63, 3.8) is 0 Å². The van der Waals surface area contributed by atoms with Crippen molar-refractivity contribution < 1.29 is 9.84 Å². The third kappa shape index (κ3) is 4.80. The summed E-state index contributed by atoms with van der Waals surface area (Å²) in [6.45, 7) is 2.73. The second-order valence-electron chi connectivity index (χ2n) is 5.88. The molecule has 0 saturated heterocycles. The highest BCUT2D eigenvalue weighted by atomic mass is 16.5. The lowest BCUT2D eigenvalue weighted by atomic mass is 9.85. The molecule has 3 nitrogen and oxygen atoms in total. The van der Waals surface area contributed by atoms with E-state index in [1.54, 1.807) is 13.2 Å². The zero-order valence-electron chi connectivity index (χ0n) is 12.5. The van der Waals surface area contributed by atoms with Gasteiger partial charge in [0.15, 0.2) is 0 Å². The van der Waals surface area contributed by atoms with E-state index in [1.165, 1.54) is 31.2 Å². The van der Waals surface area contributed by atoms with Crippen LogP contribution in [0.15, 0.2) is 24.3 Å². The van der Waals surface area contributed by atoms with Crippen LogP contribution in [-0.2, 0) is 11.2 Å². The molecule has 112 valence electrons. The van der Waals surface area contributed by atoms with Gasteiger partial charge >= 0.3 is 0 Å². The number of benzene rings is 1. The predicted molar refractivity (Wildman–Crippen MR) is 82.0 cm³/mol. The van der Waals surface area contributed by atoms with E-state index in [2.05, 4.69) is 11.4 Å². The molecular formula is C17H27NO2. The van der Waals surface area contributed by atoms with Gasteiger partial charge in [-0.25, -0.2) is 0 Å². The average molecular weight is 277 g/mol. The first kappa shape index (κ1) is 15.3. The van der Waals surface area contributed by atoms with E-state index >= 15 is 0 Å². The van der Waals surface area contributed by atoms with E-state index in [-0.39, 0.29) is 0 Å². The fourth-order valence-corrected chi connectivity index (χ4v) is 3.28. The molecule has 1 aromatic rings. The van der Waals surface area contributed by atoms with Crippen LogP contribution in [0, 0.1) is 11.8 Å². The number of hydrogen-bond donors (Lipinski definition) is 2. The van der Waals surface area contributed by atoms with Crippen LogP contribution < -0.4 is 5.32 Å². The van der Waals surface area contributed by atoms with Gasteiger partial charge in [-0.1, -0.05) is 37.8 Å². The third-order valence-electron chi connectivity index (χ3n) is 4.36. The van der Waals surface area contributed by atoms with E-state index in [9.17, 15) is 5.11 Å². The molecule has 3 heteroatoms. The van der Waals surface area contributed by atoms with Crippen LogP contribution in [0.25, 0.3) is 0 Å². The summed E-state index contributed by atoms with van der Waals surface area (Å²) in [5, 5.41) is 13.1. The molecule has 0 bridgehead atoms. The molecule has 20 heavy (non-hydrogen) atoms. The van der Waals surface area contributed by atoms with E-state index in [0.717, 1.165) is 32.0 Å². The molecule has 1 aliphatic carbocycles. The Kier molecular flexibility index (Phi) is 6.34. The maximum atomic E-state index is 9.61. The summed E-state index contributed by atoms with van der Waals surface area (Å²) < 4.78 is 5.09. The Hall–Kier alpha value is -1.06. The molecule has 0 aliphatic heterocycles. The van der Waals surface area contributed by atoms with Crippen molar-refractivity contribution in [1.82, 2.24) is 5.32 Å². The van der Waals surface area contributed by atoms with Crippen molar-refractivity contribution in [2.45, 2.75) is 32.1 Å². The molecule has 0 amide bonds. The van der Waals surface area contributed by atoms with E-state index in [4.69, 9.17) is 4.74 Å². The van der Waals surface area contributed by atoms with Gasteiger partial charge in [-0.3, -0.25) is 0 Å². The summed E-state index contributed by atoms with van der Waals surface area (Å²) in [5.41, 5.74) is 1.25. The number of nitrogens with one attached hydrogen (secondary N) is 1. The molecule has 1 aliphatic rings. The number of hydrogen-bond acceptors (Lipinski definition) is 3. The Balaban J connectivity index is 1.91. The molecule has 1 aromatic carbocycles. The average Bonchev–Trinajstić information content (AvgIpc) is 2.96. The van der Waals surface area contributed by atoms with Crippen molar-refractivity contribution in [2.75, 3.05) is 26.8 Å². The van der Waals surface area contributed by atoms with Crippen molar-refractivity contribution in [1.29, 1.82) is 0 Å². The van der Waals surface area contributed by atoms with Crippen molar-refractivity contribution in [3.05, 3.63) is 29.8 Å². The third-order valence-corrected chi connectivity index (χ3v) is 4.36. The van der Waals surface area contributed by atoms with Gasteiger partial charge in [-0.05, 0) is 42.5 Å². The summed E-state index contributed by atoms with van der Waals surface area (Å²) in [7, 11) is 1.74. The summed E-state index contributed by atoms with van der Waals surface area (Å²) >= 11 is 0. The molecule has 0 aromatic heterocycles. The van der Waals surface area contributed by atoms with Crippen LogP contribution in [0.3, 0.4) is 0 Å². The van der Waals surface area contributed by atoms with Gasteiger partial charge in [0.1, 0.15) is 5.75 Å². The zero-order chi connectivity index (χ0) is 14.2. The van der Waals surface area contributed by atoms with E-state index in [1.807, 2.05) is 12.1 Å². The first-order valence-corrected chi connectivity index (χ1v) is 7.77. The van der Waals surface area contributed by atoms with Crippen LogP contribution in [0.2, 0.25) is 0 Å². The van der Waals surface area contributed by atoms with Crippen LogP contribution >= 0.6 is 0 Å². The first-order chi connectivity index (χ1) is 9.79. The molecule has 2 N–H and O–H groups in total. The lowest BCUT2D eigenvalue weighted by molar-refractivity contribution is 0.195. The molecule has 0 radical (unpaired) electrons. The molecule has 2 rings (SSSR count). The van der Waals surface area contributed by atoms with Gasteiger partial charge in [0, 0.05) is 13.7 Å². The Morgan fingerprint density at radius 2 is 2.15 bits per heavy atom. The number of phenolic OH excluding ortho intramolecular Hbond substituents is 1. The van der Waals surface area contributed by atoms with Crippen LogP contribution in [0.4, 0.5) is 0 Å². The van der Waals surface area contributed by atoms with Gasteiger partial charge in [0.25, 0.3) is 0 Å². The Morgan fingerprint density at radius 3 is 2.85 bits per heavy atom. The standard InChI is InChI=1S/C17H27NO2/c1-20-10-9-18-13-16(15-6-2-3-7-15)11-14-5-4-8-17(19)12-14/h4-5,8,12,15-16,18-19H,2-3,6-7,9-11,13H2,1H3. The minimum atomic E-state index is 0.375. The Bertz CT molecular complexity index is 388. The normalized spacial score (nSPS) is 17.4.